The first-order chi connectivity index (χ1) is 14.3. The average molecular weight is 386 g/mol. The maximum absolute atomic E-state index is 12.3. The number of imidazole rings is 1. The normalized spacial score (nSPS) is 10.8. The molecular formula is C23H22N4O2. The number of hydrogen-bond acceptors (Lipinski definition) is 4. The number of aromatic nitrogens is 3. The number of amides is 1. The lowest BCUT2D eigenvalue weighted by Gasteiger charge is -2.11. The molecule has 0 bridgehead atoms. The molecule has 1 N–H and O–H groups in total. The highest BCUT2D eigenvalue weighted by Gasteiger charge is 2.12. The highest BCUT2D eigenvalue weighted by atomic mass is 16.5. The van der Waals surface area contributed by atoms with E-state index in [-0.39, 0.29) is 5.91 Å². The minimum absolute atomic E-state index is 0.211. The van der Waals surface area contributed by atoms with Gasteiger partial charge in [0, 0.05) is 12.7 Å². The summed E-state index contributed by atoms with van der Waals surface area (Å²) in [6, 6.07) is 23.1. The van der Waals surface area contributed by atoms with Gasteiger partial charge in [0.05, 0.1) is 24.2 Å². The third kappa shape index (κ3) is 4.60. The number of rotatable bonds is 8. The van der Waals surface area contributed by atoms with Gasteiger partial charge in [0.15, 0.2) is 0 Å². The lowest BCUT2D eigenvalue weighted by atomic mass is 10.3. The highest BCUT2D eigenvalue weighted by molar-refractivity contribution is 5.92. The first-order valence-electron chi connectivity index (χ1n) is 9.62. The van der Waals surface area contributed by atoms with Crippen molar-refractivity contribution < 1.29 is 9.53 Å². The Labute approximate surface area is 169 Å². The van der Waals surface area contributed by atoms with Crippen LogP contribution in [0.25, 0.3) is 11.0 Å². The average Bonchev–Trinajstić information content (AvgIpc) is 3.14. The summed E-state index contributed by atoms with van der Waals surface area (Å²) in [4.78, 5) is 21.1. The second-order valence-electron chi connectivity index (χ2n) is 6.58. The van der Waals surface area contributed by atoms with Gasteiger partial charge in [-0.15, -0.1) is 0 Å². The van der Waals surface area contributed by atoms with Crippen LogP contribution in [0, 0.1) is 0 Å². The molecule has 0 fully saturated rings. The summed E-state index contributed by atoms with van der Waals surface area (Å²) in [6.45, 7) is 1.70. The van der Waals surface area contributed by atoms with Crippen LogP contribution in [0.5, 0.6) is 5.75 Å². The number of ether oxygens (including phenoxy) is 1. The number of nitrogens with zero attached hydrogens (tertiary/aromatic N) is 3. The third-order valence-corrected chi connectivity index (χ3v) is 4.58. The van der Waals surface area contributed by atoms with Crippen molar-refractivity contribution in [1.82, 2.24) is 19.9 Å². The zero-order chi connectivity index (χ0) is 19.9. The number of aryl methyl sites for hydroxylation is 1. The molecule has 0 saturated heterocycles. The molecule has 0 saturated carbocycles. The molecule has 0 aliphatic rings. The van der Waals surface area contributed by atoms with Crippen LogP contribution in [0.3, 0.4) is 0 Å². The Balaban J connectivity index is 1.43. The molecule has 4 rings (SSSR count). The summed E-state index contributed by atoms with van der Waals surface area (Å²) < 4.78 is 7.94. The van der Waals surface area contributed by atoms with Crippen LogP contribution in [0.15, 0.2) is 79.0 Å². The number of hydrogen-bond donors (Lipinski definition) is 1. The second kappa shape index (κ2) is 9.01. The first kappa shape index (κ1) is 18.7. The van der Waals surface area contributed by atoms with Crippen molar-refractivity contribution >= 4 is 16.9 Å². The topological polar surface area (TPSA) is 69.0 Å². The molecule has 0 atom stereocenters. The van der Waals surface area contributed by atoms with Gasteiger partial charge in [0.1, 0.15) is 17.3 Å². The highest BCUT2D eigenvalue weighted by Crippen LogP contribution is 2.17. The van der Waals surface area contributed by atoms with E-state index < -0.39 is 0 Å². The molecular weight excluding hydrogens is 364 g/mol. The summed E-state index contributed by atoms with van der Waals surface area (Å²) in [7, 11) is 0. The number of pyridine rings is 1. The van der Waals surface area contributed by atoms with E-state index in [1.807, 2.05) is 54.6 Å². The minimum atomic E-state index is -0.211. The van der Waals surface area contributed by atoms with Gasteiger partial charge in [-0.2, -0.15) is 0 Å². The molecule has 1 amide bonds. The van der Waals surface area contributed by atoms with Crippen LogP contribution in [0.1, 0.15) is 22.7 Å². The lowest BCUT2D eigenvalue weighted by molar-refractivity contribution is 0.0944. The van der Waals surface area contributed by atoms with Gasteiger partial charge in [-0.25, -0.2) is 4.98 Å². The maximum Gasteiger partial charge on any atom is 0.270 e. The van der Waals surface area contributed by atoms with Gasteiger partial charge in [0.25, 0.3) is 5.91 Å². The second-order valence-corrected chi connectivity index (χ2v) is 6.58. The molecule has 0 unspecified atom stereocenters. The van der Waals surface area contributed by atoms with Gasteiger partial charge in [-0.05, 0) is 42.8 Å². The SMILES string of the molecule is O=C(NCc1nc2ccccc2n1CCCOc1ccccc1)c1ccccn1. The molecule has 0 aliphatic carbocycles. The van der Waals surface area contributed by atoms with E-state index >= 15 is 0 Å². The number of benzene rings is 2. The fraction of sp³-hybridized carbons (Fsp3) is 0.174. The summed E-state index contributed by atoms with van der Waals surface area (Å²) in [5.41, 5.74) is 2.36. The predicted octanol–water partition coefficient (Wildman–Crippen LogP) is 3.83. The van der Waals surface area contributed by atoms with E-state index in [1.165, 1.54) is 0 Å². The quantitative estimate of drug-likeness (QED) is 0.467. The Bertz CT molecular complexity index is 1080. The van der Waals surface area contributed by atoms with Gasteiger partial charge >= 0.3 is 0 Å². The Morgan fingerprint density at radius 3 is 2.59 bits per heavy atom. The van der Waals surface area contributed by atoms with Crippen molar-refractivity contribution in [3.63, 3.8) is 0 Å². The van der Waals surface area contributed by atoms with Crippen LogP contribution in [0.2, 0.25) is 0 Å². The number of fused-ring (bicyclic) bond motifs is 1. The Hall–Kier alpha value is -3.67. The number of carbonyl (C=O) groups is 1. The van der Waals surface area contributed by atoms with Gasteiger partial charge in [-0.1, -0.05) is 36.4 Å². The molecule has 2 heterocycles. The maximum atomic E-state index is 12.3. The van der Waals surface area contributed by atoms with Crippen LogP contribution < -0.4 is 10.1 Å². The molecule has 4 aromatic rings. The minimum Gasteiger partial charge on any atom is -0.494 e. The molecule has 6 nitrogen and oxygen atoms in total. The predicted molar refractivity (Wildman–Crippen MR) is 112 cm³/mol. The zero-order valence-electron chi connectivity index (χ0n) is 16.0. The van der Waals surface area contributed by atoms with Crippen LogP contribution in [-0.2, 0) is 13.1 Å². The van der Waals surface area contributed by atoms with Crippen LogP contribution in [0.4, 0.5) is 0 Å². The molecule has 146 valence electrons. The lowest BCUT2D eigenvalue weighted by Crippen LogP contribution is -2.25. The van der Waals surface area contributed by atoms with E-state index in [2.05, 4.69) is 14.9 Å². The molecule has 0 radical (unpaired) electrons. The summed E-state index contributed by atoms with van der Waals surface area (Å²) in [5, 5.41) is 2.92. The van der Waals surface area contributed by atoms with E-state index in [1.54, 1.807) is 24.4 Å². The Kier molecular flexibility index (Phi) is 5.81. The summed E-state index contributed by atoms with van der Waals surface area (Å²) in [6.07, 6.45) is 2.44. The van der Waals surface area contributed by atoms with Crippen LogP contribution in [-0.4, -0.2) is 27.0 Å². The van der Waals surface area contributed by atoms with Gasteiger partial charge in [-0.3, -0.25) is 9.78 Å². The molecule has 6 heteroatoms. The number of nitrogens with one attached hydrogen (secondary N) is 1. The Morgan fingerprint density at radius 2 is 1.76 bits per heavy atom. The molecule has 0 aliphatic heterocycles. The standard InChI is InChI=1S/C23H22N4O2/c28-23(20-12-6-7-14-24-20)25-17-22-26-19-11-4-5-13-21(19)27(22)15-8-16-29-18-9-2-1-3-10-18/h1-7,9-14H,8,15-17H2,(H,25,28). The number of para-hydroxylation sites is 3. The van der Waals surface area contributed by atoms with E-state index in [4.69, 9.17) is 9.72 Å². The molecule has 2 aromatic carbocycles. The fourth-order valence-electron chi connectivity index (χ4n) is 3.19. The van der Waals surface area contributed by atoms with Crippen molar-refractivity contribution in [2.75, 3.05) is 6.61 Å². The Morgan fingerprint density at radius 1 is 0.966 bits per heavy atom. The van der Waals surface area contributed by atoms with E-state index in [9.17, 15) is 4.79 Å². The monoisotopic (exact) mass is 386 g/mol. The van der Waals surface area contributed by atoms with Gasteiger partial charge < -0.3 is 14.6 Å². The first-order valence-corrected chi connectivity index (χ1v) is 9.62. The molecule has 0 spiro atoms. The summed E-state index contributed by atoms with van der Waals surface area (Å²) in [5.74, 6) is 1.47. The smallest absolute Gasteiger partial charge is 0.270 e. The largest absolute Gasteiger partial charge is 0.494 e. The third-order valence-electron chi connectivity index (χ3n) is 4.58. The number of carbonyl (C=O) groups excluding carboxylic acids is 1. The zero-order valence-corrected chi connectivity index (χ0v) is 16.0. The molecule has 29 heavy (non-hydrogen) atoms. The van der Waals surface area contributed by atoms with E-state index in [0.29, 0.717) is 18.8 Å². The van der Waals surface area contributed by atoms with E-state index in [0.717, 1.165) is 35.6 Å². The van der Waals surface area contributed by atoms with Crippen molar-refractivity contribution in [1.29, 1.82) is 0 Å². The van der Waals surface area contributed by atoms with Gasteiger partial charge in [0.2, 0.25) is 0 Å². The van der Waals surface area contributed by atoms with Crippen molar-refractivity contribution in [2.24, 2.45) is 0 Å². The molecule has 2 aromatic heterocycles. The fourth-order valence-corrected chi connectivity index (χ4v) is 3.19. The summed E-state index contributed by atoms with van der Waals surface area (Å²) >= 11 is 0. The van der Waals surface area contributed by atoms with Crippen molar-refractivity contribution in [3.8, 4) is 5.75 Å². The van der Waals surface area contributed by atoms with Crippen molar-refractivity contribution in [2.45, 2.75) is 19.5 Å². The van der Waals surface area contributed by atoms with Crippen LogP contribution >= 0.6 is 0 Å². The van der Waals surface area contributed by atoms with Crippen molar-refractivity contribution in [3.05, 3.63) is 90.5 Å².